The third-order valence-corrected chi connectivity index (χ3v) is 7.74. The van der Waals surface area contributed by atoms with Crippen LogP contribution in [0, 0.1) is 6.92 Å². The fraction of sp³-hybridized carbons (Fsp3) is 0.387. The van der Waals surface area contributed by atoms with Crippen LogP contribution in [0.4, 0.5) is 33.8 Å². The van der Waals surface area contributed by atoms with Crippen LogP contribution in [0.2, 0.25) is 10.0 Å². The predicted octanol–water partition coefficient (Wildman–Crippen LogP) is 4.56. The van der Waals surface area contributed by atoms with E-state index >= 15 is 0 Å². The lowest BCUT2D eigenvalue weighted by molar-refractivity contribution is 0.122. The molecule has 0 unspecified atom stereocenters. The highest BCUT2D eigenvalue weighted by atomic mass is 35.5. The van der Waals surface area contributed by atoms with Gasteiger partial charge in [-0.15, -0.1) is 0 Å². The normalized spacial score (nSPS) is 14.2. The first-order valence-electron chi connectivity index (χ1n) is 15.5. The molecule has 2 fully saturated rings. The molecule has 19 heteroatoms. The van der Waals surface area contributed by atoms with Crippen molar-refractivity contribution in [2.75, 3.05) is 67.7 Å². The molecule has 4 aromatic rings. The quantitative estimate of drug-likeness (QED) is 0.130. The van der Waals surface area contributed by atoms with E-state index < -0.39 is 6.16 Å². The van der Waals surface area contributed by atoms with Gasteiger partial charge in [0, 0.05) is 38.4 Å². The summed E-state index contributed by atoms with van der Waals surface area (Å²) in [6, 6.07) is 5.71. The number of ether oxygens (including phenoxy) is 2. The maximum absolute atomic E-state index is 8.56. The average molecular weight is 732 g/mol. The van der Waals surface area contributed by atoms with E-state index in [0.717, 1.165) is 60.7 Å². The maximum atomic E-state index is 8.56. The third kappa shape index (κ3) is 10.8. The number of pyridine rings is 2. The number of anilines is 4. The smallest absolute Gasteiger partial charge is 0.450 e. The van der Waals surface area contributed by atoms with Crippen molar-refractivity contribution in [3.63, 3.8) is 0 Å². The lowest BCUT2D eigenvalue weighted by Gasteiger charge is -2.28. The molecule has 4 aromatic heterocycles. The summed E-state index contributed by atoms with van der Waals surface area (Å²) < 4.78 is 12.8. The number of nitrogens with zero attached hydrogens (tertiary/aromatic N) is 9. The monoisotopic (exact) mass is 730 g/mol. The van der Waals surface area contributed by atoms with E-state index in [1.807, 2.05) is 25.3 Å². The summed E-state index contributed by atoms with van der Waals surface area (Å²) in [6.07, 6.45) is 5.08. The number of imidazole rings is 1. The van der Waals surface area contributed by atoms with Crippen molar-refractivity contribution in [2.24, 2.45) is 16.5 Å². The summed E-state index contributed by atoms with van der Waals surface area (Å²) in [5.41, 5.74) is 13.6. The van der Waals surface area contributed by atoms with Gasteiger partial charge in [-0.1, -0.05) is 23.2 Å². The van der Waals surface area contributed by atoms with Crippen molar-refractivity contribution in [2.45, 2.75) is 26.8 Å². The van der Waals surface area contributed by atoms with Crippen LogP contribution in [0.25, 0.3) is 11.4 Å². The molecule has 50 heavy (non-hydrogen) atoms. The molecule has 6 heterocycles. The number of carboxylic acid groups (broad SMARTS) is 2. The summed E-state index contributed by atoms with van der Waals surface area (Å²) in [4.78, 5) is 38.9. The van der Waals surface area contributed by atoms with Gasteiger partial charge in [-0.25, -0.2) is 34.7 Å². The molecule has 0 amide bonds. The van der Waals surface area contributed by atoms with Gasteiger partial charge in [-0.2, -0.15) is 0 Å². The van der Waals surface area contributed by atoms with Crippen molar-refractivity contribution in [1.82, 2.24) is 29.5 Å². The lowest BCUT2D eigenvalue weighted by atomic mass is 10.2. The van der Waals surface area contributed by atoms with E-state index in [4.69, 9.17) is 59.2 Å². The molecule has 2 saturated heterocycles. The summed E-state index contributed by atoms with van der Waals surface area (Å²) in [6.45, 7) is 12.1. The molecule has 2 aliphatic heterocycles. The summed E-state index contributed by atoms with van der Waals surface area (Å²) in [5.74, 6) is 2.93. The highest BCUT2D eigenvalue weighted by Gasteiger charge is 2.18. The number of hydrogen-bond donors (Lipinski definition) is 5. The van der Waals surface area contributed by atoms with Crippen molar-refractivity contribution >= 4 is 64.3 Å². The van der Waals surface area contributed by atoms with E-state index in [0.29, 0.717) is 48.1 Å². The SMILES string of the molecule is Cc1ncc(-c2ccnc(Nc3cnc(N4CCOCC4)c(Cl)c3)n2)n1C(C)C.NC(N)=Nc1cnc(N2CCOCC2)c(Cl)c1.O=C(O)O. The van der Waals surface area contributed by atoms with Crippen LogP contribution in [0.1, 0.15) is 25.7 Å². The van der Waals surface area contributed by atoms with E-state index in [2.05, 4.69) is 63.4 Å². The number of nitrogens with one attached hydrogen (secondary N) is 1. The zero-order valence-electron chi connectivity index (χ0n) is 27.8. The fourth-order valence-corrected chi connectivity index (χ4v) is 5.70. The van der Waals surface area contributed by atoms with Gasteiger partial charge < -0.3 is 50.8 Å². The Morgan fingerprint density at radius 2 is 1.46 bits per heavy atom. The third-order valence-electron chi connectivity index (χ3n) is 7.18. The number of guanidine groups is 1. The Balaban J connectivity index is 0.000000226. The Bertz CT molecular complexity index is 1750. The molecule has 17 nitrogen and oxygen atoms in total. The first kappa shape index (κ1) is 37.8. The van der Waals surface area contributed by atoms with Crippen LogP contribution in [0.15, 0.2) is 48.0 Å². The minimum atomic E-state index is -1.83. The fourth-order valence-electron chi connectivity index (χ4n) is 5.13. The summed E-state index contributed by atoms with van der Waals surface area (Å²) in [7, 11) is 0. The first-order valence-corrected chi connectivity index (χ1v) is 16.3. The molecule has 7 N–H and O–H groups in total. The second kappa shape index (κ2) is 18.1. The number of carbonyl (C=O) groups is 1. The van der Waals surface area contributed by atoms with Crippen LogP contribution in [0.3, 0.4) is 0 Å². The zero-order chi connectivity index (χ0) is 36.2. The number of nitrogens with two attached hydrogens (primary N) is 2. The van der Waals surface area contributed by atoms with Crippen molar-refractivity contribution in [1.29, 1.82) is 0 Å². The molecule has 6 rings (SSSR count). The largest absolute Gasteiger partial charge is 0.503 e. The second-order valence-electron chi connectivity index (χ2n) is 11.1. The summed E-state index contributed by atoms with van der Waals surface area (Å²) >= 11 is 12.6. The molecule has 268 valence electrons. The number of halogens is 2. The van der Waals surface area contributed by atoms with Crippen LogP contribution in [-0.4, -0.2) is 104 Å². The van der Waals surface area contributed by atoms with Gasteiger partial charge in [0.2, 0.25) is 5.95 Å². The molecule has 0 radical (unpaired) electrons. The van der Waals surface area contributed by atoms with Gasteiger partial charge in [0.05, 0.1) is 77.8 Å². The summed E-state index contributed by atoms with van der Waals surface area (Å²) in [5, 5.41) is 18.3. The van der Waals surface area contributed by atoms with Crippen molar-refractivity contribution < 1.29 is 24.5 Å². The van der Waals surface area contributed by atoms with Gasteiger partial charge in [0.25, 0.3) is 0 Å². The topological polar surface area (TPSA) is 228 Å². The standard InChI is InChI=1S/C20H24ClN7O.C10H14ClN5O.CH2O3/c1-13(2)28-14(3)23-12-18(28)17-4-5-22-20(26-17)25-15-10-16(21)19(24-11-15)27-6-8-29-9-7-27;11-8-5-7(15-10(12)13)6-14-9(8)16-1-3-17-4-2-16;2-1(3)4/h4-5,10-13H,6-9H2,1-3H3,(H,22,25,26);5-6H,1-4H2,(H4,12,13,15);(H2,2,3,4). The first-order chi connectivity index (χ1) is 23.9. The van der Waals surface area contributed by atoms with E-state index in [1.54, 1.807) is 24.7 Å². The number of morpholine rings is 2. The number of aryl methyl sites for hydroxylation is 1. The Labute approximate surface area is 298 Å². The lowest BCUT2D eigenvalue weighted by Crippen LogP contribution is -2.36. The predicted molar refractivity (Wildman–Crippen MR) is 192 cm³/mol. The maximum Gasteiger partial charge on any atom is 0.503 e. The minimum Gasteiger partial charge on any atom is -0.450 e. The van der Waals surface area contributed by atoms with Gasteiger partial charge in [-0.05, 0) is 39.0 Å². The molecule has 0 aliphatic carbocycles. The van der Waals surface area contributed by atoms with Gasteiger partial charge in [-0.3, -0.25) is 0 Å². The Kier molecular flexibility index (Phi) is 13.7. The minimum absolute atomic E-state index is 0.0120. The van der Waals surface area contributed by atoms with Crippen LogP contribution in [-0.2, 0) is 9.47 Å². The van der Waals surface area contributed by atoms with Gasteiger partial charge >= 0.3 is 6.16 Å². The molecule has 0 atom stereocenters. The van der Waals surface area contributed by atoms with E-state index in [9.17, 15) is 0 Å². The van der Waals surface area contributed by atoms with Crippen LogP contribution >= 0.6 is 23.2 Å². The van der Waals surface area contributed by atoms with Gasteiger partial charge in [0.15, 0.2) is 5.96 Å². The van der Waals surface area contributed by atoms with Gasteiger partial charge in [0.1, 0.15) is 17.5 Å². The molecule has 0 spiro atoms. The van der Waals surface area contributed by atoms with E-state index in [1.165, 1.54) is 0 Å². The molecular weight excluding hydrogens is 691 g/mol. The molecule has 0 saturated carbocycles. The van der Waals surface area contributed by atoms with Crippen molar-refractivity contribution in [3.05, 3.63) is 58.9 Å². The van der Waals surface area contributed by atoms with Crippen LogP contribution < -0.4 is 26.6 Å². The number of rotatable bonds is 7. The number of hydrogen-bond acceptors (Lipinski definition) is 12. The Morgan fingerprint density at radius 1 is 0.900 bits per heavy atom. The van der Waals surface area contributed by atoms with E-state index in [-0.39, 0.29) is 12.0 Å². The molecule has 2 aliphatic rings. The molecule has 0 aromatic carbocycles. The Morgan fingerprint density at radius 3 is 1.98 bits per heavy atom. The second-order valence-corrected chi connectivity index (χ2v) is 11.9. The Hall–Kier alpha value is -4.97. The van der Waals surface area contributed by atoms with Crippen molar-refractivity contribution in [3.8, 4) is 11.4 Å². The highest BCUT2D eigenvalue weighted by molar-refractivity contribution is 6.33. The van der Waals surface area contributed by atoms with Crippen LogP contribution in [0.5, 0.6) is 0 Å². The molecular formula is C31H40Cl2N12O5. The zero-order valence-corrected chi connectivity index (χ0v) is 29.3. The number of aromatic nitrogens is 6. The number of aliphatic imine (C=N–C) groups is 1. The molecule has 0 bridgehead atoms. The highest BCUT2D eigenvalue weighted by Crippen LogP contribution is 2.29. The average Bonchev–Trinajstić information content (AvgIpc) is 3.47.